The lowest BCUT2D eigenvalue weighted by atomic mass is 10.3. The highest BCUT2D eigenvalue weighted by Gasteiger charge is 2.09. The van der Waals surface area contributed by atoms with Gasteiger partial charge in [0.2, 0.25) is 0 Å². The summed E-state index contributed by atoms with van der Waals surface area (Å²) in [6, 6.07) is 8.19. The highest BCUT2D eigenvalue weighted by molar-refractivity contribution is 8.00. The second-order valence-electron chi connectivity index (χ2n) is 3.19. The summed E-state index contributed by atoms with van der Waals surface area (Å²) in [7, 11) is 0. The summed E-state index contributed by atoms with van der Waals surface area (Å²) >= 11 is 5.05. The second kappa shape index (κ2) is 4.16. The standard InChI is InChI=1S/C11H8N2S3/c1-14-11-13-8(6-15-11)10-12-7-4-2-3-5-9(7)16-10/h2-6H,1H3. The van der Waals surface area contributed by atoms with E-state index in [1.165, 1.54) is 4.70 Å². The second-order valence-corrected chi connectivity index (χ2v) is 6.13. The molecule has 0 radical (unpaired) electrons. The van der Waals surface area contributed by atoms with Gasteiger partial charge in [-0.3, -0.25) is 0 Å². The Morgan fingerprint density at radius 3 is 2.81 bits per heavy atom. The maximum Gasteiger partial charge on any atom is 0.150 e. The van der Waals surface area contributed by atoms with Crippen molar-refractivity contribution >= 4 is 44.7 Å². The van der Waals surface area contributed by atoms with Gasteiger partial charge in [-0.15, -0.1) is 22.7 Å². The Labute approximate surface area is 105 Å². The molecule has 0 saturated carbocycles. The predicted octanol–water partition coefficient (Wildman–Crippen LogP) is 4.14. The number of benzene rings is 1. The molecular weight excluding hydrogens is 256 g/mol. The average Bonchev–Trinajstić information content (AvgIpc) is 2.95. The van der Waals surface area contributed by atoms with Gasteiger partial charge in [0.25, 0.3) is 0 Å². The van der Waals surface area contributed by atoms with E-state index in [9.17, 15) is 0 Å². The minimum absolute atomic E-state index is 0.996. The van der Waals surface area contributed by atoms with Crippen LogP contribution in [-0.2, 0) is 0 Å². The Morgan fingerprint density at radius 2 is 2.06 bits per heavy atom. The van der Waals surface area contributed by atoms with Crippen LogP contribution in [0.2, 0.25) is 0 Å². The molecular formula is C11H8N2S3. The SMILES string of the molecule is CSc1nc(-c2nc3ccccc3s2)cs1. The van der Waals surface area contributed by atoms with Crippen LogP contribution in [0.1, 0.15) is 0 Å². The molecule has 0 aliphatic carbocycles. The van der Waals surface area contributed by atoms with E-state index in [0.29, 0.717) is 0 Å². The maximum absolute atomic E-state index is 4.58. The van der Waals surface area contributed by atoms with E-state index in [2.05, 4.69) is 21.4 Å². The van der Waals surface area contributed by atoms with Crippen LogP contribution in [0.25, 0.3) is 20.9 Å². The molecule has 16 heavy (non-hydrogen) atoms. The Bertz CT molecular complexity index is 594. The summed E-state index contributed by atoms with van der Waals surface area (Å²) in [6.45, 7) is 0. The predicted molar refractivity (Wildman–Crippen MR) is 72.5 cm³/mol. The average molecular weight is 264 g/mol. The molecule has 2 nitrogen and oxygen atoms in total. The molecule has 0 aliphatic heterocycles. The fraction of sp³-hybridized carbons (Fsp3) is 0.0909. The zero-order valence-electron chi connectivity index (χ0n) is 8.51. The monoisotopic (exact) mass is 264 g/mol. The molecule has 0 amide bonds. The molecule has 0 spiro atoms. The molecule has 0 unspecified atom stereocenters. The van der Waals surface area contributed by atoms with Gasteiger partial charge in [0.15, 0.2) is 0 Å². The molecule has 0 saturated heterocycles. The summed E-state index contributed by atoms with van der Waals surface area (Å²) in [6.07, 6.45) is 2.04. The zero-order chi connectivity index (χ0) is 11.0. The van der Waals surface area contributed by atoms with Gasteiger partial charge in [-0.05, 0) is 18.4 Å². The number of thiazole rings is 2. The highest BCUT2D eigenvalue weighted by atomic mass is 32.2. The van der Waals surface area contributed by atoms with Gasteiger partial charge in [0.1, 0.15) is 15.0 Å². The van der Waals surface area contributed by atoms with Gasteiger partial charge >= 0.3 is 0 Å². The third-order valence-corrected chi connectivity index (χ3v) is 5.09. The van der Waals surface area contributed by atoms with Crippen LogP contribution < -0.4 is 0 Å². The molecule has 2 aromatic heterocycles. The molecule has 80 valence electrons. The summed E-state index contributed by atoms with van der Waals surface area (Å²) in [4.78, 5) is 9.11. The first kappa shape index (κ1) is 10.3. The smallest absolute Gasteiger partial charge is 0.150 e. The van der Waals surface area contributed by atoms with Crippen molar-refractivity contribution in [3.8, 4) is 10.7 Å². The molecule has 2 heterocycles. The molecule has 1 aromatic carbocycles. The van der Waals surface area contributed by atoms with Crippen LogP contribution in [-0.4, -0.2) is 16.2 Å². The first-order chi connectivity index (χ1) is 7.86. The number of aromatic nitrogens is 2. The van der Waals surface area contributed by atoms with E-state index < -0.39 is 0 Å². The molecule has 0 fully saturated rings. The Kier molecular flexibility index (Phi) is 2.67. The number of thioether (sulfide) groups is 1. The molecule has 0 atom stereocenters. The summed E-state index contributed by atoms with van der Waals surface area (Å²) < 4.78 is 2.31. The van der Waals surface area contributed by atoms with Gasteiger partial charge in [0, 0.05) is 5.38 Å². The number of hydrogen-bond donors (Lipinski definition) is 0. The van der Waals surface area contributed by atoms with Crippen molar-refractivity contribution in [2.24, 2.45) is 0 Å². The number of fused-ring (bicyclic) bond motifs is 1. The third-order valence-electron chi connectivity index (χ3n) is 2.17. The van der Waals surface area contributed by atoms with Crippen molar-refractivity contribution < 1.29 is 0 Å². The van der Waals surface area contributed by atoms with Crippen LogP contribution in [0.3, 0.4) is 0 Å². The number of rotatable bonds is 2. The number of hydrogen-bond acceptors (Lipinski definition) is 5. The van der Waals surface area contributed by atoms with Crippen LogP contribution in [0.15, 0.2) is 34.0 Å². The van der Waals surface area contributed by atoms with Crippen molar-refractivity contribution in [3.05, 3.63) is 29.6 Å². The van der Waals surface area contributed by atoms with Crippen molar-refractivity contribution in [1.29, 1.82) is 0 Å². The van der Waals surface area contributed by atoms with Crippen LogP contribution in [0.4, 0.5) is 0 Å². The zero-order valence-corrected chi connectivity index (χ0v) is 11.0. The van der Waals surface area contributed by atoms with Gasteiger partial charge < -0.3 is 0 Å². The van der Waals surface area contributed by atoms with Gasteiger partial charge in [-0.2, -0.15) is 0 Å². The van der Waals surface area contributed by atoms with Crippen molar-refractivity contribution in [2.45, 2.75) is 4.34 Å². The van der Waals surface area contributed by atoms with Crippen LogP contribution >= 0.6 is 34.4 Å². The molecule has 3 rings (SSSR count). The maximum atomic E-state index is 4.58. The van der Waals surface area contributed by atoms with E-state index in [1.54, 1.807) is 34.4 Å². The van der Waals surface area contributed by atoms with E-state index in [-0.39, 0.29) is 0 Å². The molecule has 3 aromatic rings. The summed E-state index contributed by atoms with van der Waals surface area (Å²) in [5.41, 5.74) is 2.05. The van der Waals surface area contributed by atoms with Gasteiger partial charge in [0.05, 0.1) is 10.2 Å². The first-order valence-corrected chi connectivity index (χ1v) is 7.64. The fourth-order valence-corrected chi connectivity index (χ4v) is 3.68. The minimum atomic E-state index is 0.996. The first-order valence-electron chi connectivity index (χ1n) is 4.72. The van der Waals surface area contributed by atoms with Gasteiger partial charge in [-0.1, -0.05) is 23.9 Å². The van der Waals surface area contributed by atoms with Crippen LogP contribution in [0, 0.1) is 0 Å². The van der Waals surface area contributed by atoms with E-state index in [0.717, 1.165) is 20.6 Å². The number of para-hydroxylation sites is 1. The Hall–Kier alpha value is -0.910. The largest absolute Gasteiger partial charge is 0.234 e. The Morgan fingerprint density at radius 1 is 1.19 bits per heavy atom. The quantitative estimate of drug-likeness (QED) is 0.650. The van der Waals surface area contributed by atoms with Crippen LogP contribution in [0.5, 0.6) is 0 Å². The van der Waals surface area contributed by atoms with E-state index in [4.69, 9.17) is 0 Å². The number of nitrogens with zero attached hydrogens (tertiary/aromatic N) is 2. The summed E-state index contributed by atoms with van der Waals surface area (Å²) in [5, 5.41) is 3.08. The van der Waals surface area contributed by atoms with E-state index in [1.807, 2.05) is 24.5 Å². The third kappa shape index (κ3) is 1.75. The molecule has 0 N–H and O–H groups in total. The molecule has 0 aliphatic rings. The lowest BCUT2D eigenvalue weighted by Gasteiger charge is -1.85. The normalized spacial score (nSPS) is 11.1. The lowest BCUT2D eigenvalue weighted by Crippen LogP contribution is -1.74. The minimum Gasteiger partial charge on any atom is -0.234 e. The molecule has 5 heteroatoms. The van der Waals surface area contributed by atoms with Gasteiger partial charge in [-0.25, -0.2) is 9.97 Å². The van der Waals surface area contributed by atoms with Crippen molar-refractivity contribution in [1.82, 2.24) is 9.97 Å². The summed E-state index contributed by atoms with van der Waals surface area (Å²) in [5.74, 6) is 0. The highest BCUT2D eigenvalue weighted by Crippen LogP contribution is 2.32. The van der Waals surface area contributed by atoms with Crippen molar-refractivity contribution in [3.63, 3.8) is 0 Å². The van der Waals surface area contributed by atoms with Crippen molar-refractivity contribution in [2.75, 3.05) is 6.26 Å². The Balaban J connectivity index is 2.11. The molecule has 0 bridgehead atoms. The fourth-order valence-electron chi connectivity index (χ4n) is 1.43. The van der Waals surface area contributed by atoms with E-state index >= 15 is 0 Å². The lowest BCUT2D eigenvalue weighted by molar-refractivity contribution is 1.25. The topological polar surface area (TPSA) is 25.8 Å².